The molecule has 8 heteroatoms. The molecular formula is C23H30ClN3O3S. The van der Waals surface area contributed by atoms with Gasteiger partial charge in [-0.1, -0.05) is 48.9 Å². The van der Waals surface area contributed by atoms with Crippen molar-refractivity contribution in [2.75, 3.05) is 19.6 Å². The number of rotatable bonds is 9. The predicted octanol–water partition coefficient (Wildman–Crippen LogP) is 3.56. The molecule has 1 heterocycles. The van der Waals surface area contributed by atoms with Crippen molar-refractivity contribution < 1.29 is 13.2 Å². The van der Waals surface area contributed by atoms with Crippen LogP contribution in [0.1, 0.15) is 37.3 Å². The maximum atomic E-state index is 12.2. The monoisotopic (exact) mass is 463 g/mol. The largest absolute Gasteiger partial charge is 0.352 e. The highest BCUT2D eigenvalue weighted by Gasteiger charge is 2.16. The molecule has 0 bridgehead atoms. The van der Waals surface area contributed by atoms with Crippen molar-refractivity contribution in [3.63, 3.8) is 0 Å². The second kappa shape index (κ2) is 11.1. The first-order valence-corrected chi connectivity index (χ1v) is 12.5. The Labute approximate surface area is 190 Å². The lowest BCUT2D eigenvalue weighted by Crippen LogP contribution is -2.32. The first-order chi connectivity index (χ1) is 14.8. The average molecular weight is 464 g/mol. The van der Waals surface area contributed by atoms with Crippen molar-refractivity contribution in [3.8, 4) is 0 Å². The van der Waals surface area contributed by atoms with Gasteiger partial charge in [0.2, 0.25) is 15.9 Å². The van der Waals surface area contributed by atoms with E-state index < -0.39 is 10.0 Å². The topological polar surface area (TPSA) is 78.5 Å². The number of amides is 1. The van der Waals surface area contributed by atoms with E-state index in [1.54, 1.807) is 12.1 Å². The summed E-state index contributed by atoms with van der Waals surface area (Å²) in [6.07, 6.45) is 2.59. The number of hydrogen-bond acceptors (Lipinski definition) is 4. The van der Waals surface area contributed by atoms with E-state index in [0.29, 0.717) is 11.6 Å². The van der Waals surface area contributed by atoms with Crippen LogP contribution in [0.4, 0.5) is 0 Å². The van der Waals surface area contributed by atoms with Crippen LogP contribution >= 0.6 is 11.6 Å². The molecule has 0 unspecified atom stereocenters. The minimum absolute atomic E-state index is 0.0219. The maximum absolute atomic E-state index is 12.2. The van der Waals surface area contributed by atoms with Gasteiger partial charge in [0.05, 0.1) is 4.90 Å². The third-order valence-electron chi connectivity index (χ3n) is 5.55. The summed E-state index contributed by atoms with van der Waals surface area (Å²) in [5.41, 5.74) is 2.30. The molecule has 1 aliphatic rings. The van der Waals surface area contributed by atoms with Gasteiger partial charge < -0.3 is 5.32 Å². The predicted molar refractivity (Wildman–Crippen MR) is 123 cm³/mol. The van der Waals surface area contributed by atoms with E-state index in [9.17, 15) is 13.2 Å². The van der Waals surface area contributed by atoms with Crippen LogP contribution in [-0.2, 0) is 27.9 Å². The fourth-order valence-corrected chi connectivity index (χ4v) is 4.88. The van der Waals surface area contributed by atoms with Crippen LogP contribution in [0.15, 0.2) is 53.4 Å². The lowest BCUT2D eigenvalue weighted by atomic mass is 9.99. The van der Waals surface area contributed by atoms with E-state index in [2.05, 4.69) is 34.0 Å². The molecule has 1 aliphatic heterocycles. The van der Waals surface area contributed by atoms with E-state index in [0.717, 1.165) is 31.1 Å². The zero-order valence-electron chi connectivity index (χ0n) is 17.8. The van der Waals surface area contributed by atoms with Crippen molar-refractivity contribution in [3.05, 3.63) is 64.7 Å². The molecule has 2 aromatic carbocycles. The van der Waals surface area contributed by atoms with E-state index in [-0.39, 0.29) is 23.8 Å². The van der Waals surface area contributed by atoms with Gasteiger partial charge in [-0.25, -0.2) is 13.1 Å². The number of sulfonamides is 1. The molecule has 2 N–H and O–H groups in total. The van der Waals surface area contributed by atoms with Crippen LogP contribution in [0.3, 0.4) is 0 Å². The molecule has 3 rings (SSSR count). The second-order valence-corrected chi connectivity index (χ2v) is 10.4. The van der Waals surface area contributed by atoms with Crippen LogP contribution < -0.4 is 10.0 Å². The Morgan fingerprint density at radius 2 is 1.77 bits per heavy atom. The summed E-state index contributed by atoms with van der Waals surface area (Å²) in [7, 11) is -3.68. The number of likely N-dealkylation sites (tertiary alicyclic amines) is 1. The third-order valence-corrected chi connectivity index (χ3v) is 7.24. The zero-order valence-corrected chi connectivity index (χ0v) is 19.4. The molecule has 0 atom stereocenters. The first kappa shape index (κ1) is 23.7. The Hall–Kier alpha value is -1.93. The highest BCUT2D eigenvalue weighted by molar-refractivity contribution is 7.89. The lowest BCUT2D eigenvalue weighted by molar-refractivity contribution is -0.121. The summed E-state index contributed by atoms with van der Waals surface area (Å²) in [5, 5.41) is 3.18. The molecule has 31 heavy (non-hydrogen) atoms. The average Bonchev–Trinajstić information content (AvgIpc) is 2.75. The summed E-state index contributed by atoms with van der Waals surface area (Å²) in [6.45, 7) is 6.02. The third kappa shape index (κ3) is 7.61. The van der Waals surface area contributed by atoms with Gasteiger partial charge in [-0.15, -0.1) is 0 Å². The highest BCUT2D eigenvalue weighted by Crippen LogP contribution is 2.18. The smallest absolute Gasteiger partial charge is 0.240 e. The van der Waals surface area contributed by atoms with Gasteiger partial charge in [0, 0.05) is 31.1 Å². The SMILES string of the molecule is CC1CCN(Cc2ccc(CNC(=O)CCNS(=O)(=O)c3cccc(Cl)c3)cc2)CC1. The van der Waals surface area contributed by atoms with Crippen LogP contribution in [0.5, 0.6) is 0 Å². The zero-order chi connectivity index (χ0) is 22.3. The number of carbonyl (C=O) groups is 1. The molecule has 1 fully saturated rings. The number of hydrogen-bond donors (Lipinski definition) is 2. The quantitative estimate of drug-likeness (QED) is 0.596. The van der Waals surface area contributed by atoms with Crippen LogP contribution in [0.2, 0.25) is 5.02 Å². The van der Waals surface area contributed by atoms with Gasteiger partial charge in [-0.3, -0.25) is 9.69 Å². The van der Waals surface area contributed by atoms with Crippen molar-refractivity contribution in [1.82, 2.24) is 14.9 Å². The number of halogens is 1. The number of nitrogens with one attached hydrogen (secondary N) is 2. The summed E-state index contributed by atoms with van der Waals surface area (Å²) < 4.78 is 26.9. The molecule has 0 spiro atoms. The Morgan fingerprint density at radius 1 is 1.10 bits per heavy atom. The van der Waals surface area contributed by atoms with Gasteiger partial charge in [-0.2, -0.15) is 0 Å². The Balaban J connectivity index is 1.38. The van der Waals surface area contributed by atoms with Gasteiger partial charge >= 0.3 is 0 Å². The highest BCUT2D eigenvalue weighted by atomic mass is 35.5. The Morgan fingerprint density at radius 3 is 2.45 bits per heavy atom. The van der Waals surface area contributed by atoms with Gasteiger partial charge in [-0.05, 0) is 61.2 Å². The van der Waals surface area contributed by atoms with Crippen molar-refractivity contribution in [1.29, 1.82) is 0 Å². The summed E-state index contributed by atoms with van der Waals surface area (Å²) >= 11 is 5.84. The fourth-order valence-electron chi connectivity index (χ4n) is 3.55. The summed E-state index contributed by atoms with van der Waals surface area (Å²) in [6, 6.07) is 14.3. The molecule has 2 aromatic rings. The van der Waals surface area contributed by atoms with E-state index in [4.69, 9.17) is 11.6 Å². The molecule has 6 nitrogen and oxygen atoms in total. The van der Waals surface area contributed by atoms with Gasteiger partial charge in [0.1, 0.15) is 0 Å². The lowest BCUT2D eigenvalue weighted by Gasteiger charge is -2.30. The second-order valence-electron chi connectivity index (χ2n) is 8.16. The Bertz CT molecular complexity index is 972. The molecular weight excluding hydrogens is 434 g/mol. The standard InChI is InChI=1S/C23H30ClN3O3S/c1-18-10-13-27(14-11-18)17-20-7-5-19(6-8-20)16-25-23(28)9-12-26-31(29,30)22-4-2-3-21(24)15-22/h2-8,15,18,26H,9-14,16-17H2,1H3,(H,25,28). The Kier molecular flexibility index (Phi) is 8.49. The van der Waals surface area contributed by atoms with Crippen LogP contribution in [-0.4, -0.2) is 38.9 Å². The molecule has 0 saturated carbocycles. The molecule has 0 aliphatic carbocycles. The normalized spacial score (nSPS) is 15.7. The van der Waals surface area contributed by atoms with E-state index >= 15 is 0 Å². The number of nitrogens with zero attached hydrogens (tertiary/aromatic N) is 1. The van der Waals surface area contributed by atoms with Crippen LogP contribution in [0, 0.1) is 5.92 Å². The first-order valence-electron chi connectivity index (χ1n) is 10.6. The van der Waals surface area contributed by atoms with Crippen molar-refractivity contribution in [2.45, 2.75) is 44.2 Å². The van der Waals surface area contributed by atoms with Gasteiger partial charge in [0.15, 0.2) is 0 Å². The van der Waals surface area contributed by atoms with Crippen LogP contribution in [0.25, 0.3) is 0 Å². The fraction of sp³-hybridized carbons (Fsp3) is 0.435. The van der Waals surface area contributed by atoms with Crippen molar-refractivity contribution in [2.24, 2.45) is 5.92 Å². The van der Waals surface area contributed by atoms with Crippen molar-refractivity contribution >= 4 is 27.5 Å². The molecule has 0 aromatic heterocycles. The van der Waals surface area contributed by atoms with E-state index in [1.165, 1.54) is 30.5 Å². The number of carbonyl (C=O) groups excluding carboxylic acids is 1. The van der Waals surface area contributed by atoms with Gasteiger partial charge in [0.25, 0.3) is 0 Å². The molecule has 168 valence electrons. The molecule has 1 saturated heterocycles. The minimum Gasteiger partial charge on any atom is -0.352 e. The number of piperidine rings is 1. The number of benzene rings is 2. The summed E-state index contributed by atoms with van der Waals surface area (Å²) in [4.78, 5) is 14.6. The molecule has 1 amide bonds. The van der Waals surface area contributed by atoms with E-state index in [1.807, 2.05) is 12.1 Å². The minimum atomic E-state index is -3.68. The molecule has 0 radical (unpaired) electrons. The maximum Gasteiger partial charge on any atom is 0.240 e. The summed E-state index contributed by atoms with van der Waals surface area (Å²) in [5.74, 6) is 0.620.